The molecule has 7 aromatic rings. The Morgan fingerprint density at radius 2 is 1.73 bits per heavy atom. The van der Waals surface area contributed by atoms with Crippen molar-refractivity contribution in [2.75, 3.05) is 0 Å². The fourth-order valence-corrected chi connectivity index (χ4v) is 5.08. The molecule has 0 bridgehead atoms. The van der Waals surface area contributed by atoms with Crippen LogP contribution in [-0.4, -0.2) is 34.1 Å². The van der Waals surface area contributed by atoms with Crippen LogP contribution in [0, 0.1) is 13.8 Å². The van der Waals surface area contributed by atoms with E-state index in [9.17, 15) is 4.79 Å². The van der Waals surface area contributed by atoms with E-state index in [0.717, 1.165) is 67.0 Å². The molecule has 0 aliphatic rings. The van der Waals surface area contributed by atoms with Gasteiger partial charge in [-0.05, 0) is 61.4 Å². The fourth-order valence-electron chi connectivity index (χ4n) is 5.08. The third-order valence-corrected chi connectivity index (χ3v) is 7.14. The number of hydrogen-bond donors (Lipinski definition) is 2. The highest BCUT2D eigenvalue weighted by molar-refractivity contribution is 5.98. The summed E-state index contributed by atoms with van der Waals surface area (Å²) in [7, 11) is 1.97. The Bertz CT molecular complexity index is 2050. The van der Waals surface area contributed by atoms with E-state index in [2.05, 4.69) is 57.6 Å². The number of aryl methyl sites for hydroxylation is 3. The number of para-hydroxylation sites is 1. The summed E-state index contributed by atoms with van der Waals surface area (Å²) in [6.45, 7) is 4.21. The van der Waals surface area contributed by atoms with Crippen LogP contribution >= 0.6 is 0 Å². The summed E-state index contributed by atoms with van der Waals surface area (Å²) in [6, 6.07) is 20.4. The molecule has 3 aromatic carbocycles. The molecule has 0 aliphatic carbocycles. The van der Waals surface area contributed by atoms with Crippen LogP contribution in [0.15, 0.2) is 78.0 Å². The van der Waals surface area contributed by atoms with Crippen molar-refractivity contribution in [2.24, 2.45) is 7.05 Å². The highest BCUT2D eigenvalue weighted by Gasteiger charge is 2.21. The predicted molar refractivity (Wildman–Crippen MR) is 146 cm³/mol. The minimum absolute atomic E-state index is 0.227. The average molecular weight is 486 g/mol. The highest BCUT2D eigenvalue weighted by atomic mass is 16.1. The number of fused-ring (bicyclic) bond motifs is 3. The first-order valence-electron chi connectivity index (χ1n) is 12.1. The molecule has 4 aromatic heterocycles. The van der Waals surface area contributed by atoms with Crippen LogP contribution in [0.25, 0.3) is 61.4 Å². The standard InChI is InChI=1S/C29H23N7O/c1-16-8-11-25-27(17(16)2)34-28(36(25)18-9-10-22-23(12-18)33-29(37)32-22)20-13-24(26-14-30-15-35(26)3)31-21-7-5-4-6-19(20)21/h4-15H,1-3H3,(H2,32,33,37). The molecule has 0 unspecified atom stereocenters. The Morgan fingerprint density at radius 1 is 0.892 bits per heavy atom. The lowest BCUT2D eigenvalue weighted by Crippen LogP contribution is -2.00. The highest BCUT2D eigenvalue weighted by Crippen LogP contribution is 2.36. The number of nitrogens with one attached hydrogen (secondary N) is 2. The quantitative estimate of drug-likeness (QED) is 0.349. The number of aromatic nitrogens is 7. The molecule has 4 heterocycles. The molecule has 7 rings (SSSR count). The monoisotopic (exact) mass is 485 g/mol. The predicted octanol–water partition coefficient (Wildman–Crippen LogP) is 5.43. The molecule has 0 spiro atoms. The molecule has 0 radical (unpaired) electrons. The Labute approximate surface area is 211 Å². The second-order valence-corrected chi connectivity index (χ2v) is 9.42. The van der Waals surface area contributed by atoms with Gasteiger partial charge in [-0.25, -0.2) is 19.7 Å². The summed E-state index contributed by atoms with van der Waals surface area (Å²) in [5.41, 5.74) is 10.1. The lowest BCUT2D eigenvalue weighted by atomic mass is 10.1. The summed E-state index contributed by atoms with van der Waals surface area (Å²) >= 11 is 0. The molecule has 2 N–H and O–H groups in total. The number of benzene rings is 3. The van der Waals surface area contributed by atoms with E-state index in [1.54, 1.807) is 6.33 Å². The van der Waals surface area contributed by atoms with E-state index in [-0.39, 0.29) is 5.69 Å². The van der Waals surface area contributed by atoms with E-state index in [0.29, 0.717) is 0 Å². The third kappa shape index (κ3) is 3.22. The van der Waals surface area contributed by atoms with E-state index >= 15 is 0 Å². The van der Waals surface area contributed by atoms with E-state index in [1.165, 1.54) is 5.56 Å². The number of nitrogens with zero attached hydrogens (tertiary/aromatic N) is 5. The van der Waals surface area contributed by atoms with E-state index < -0.39 is 0 Å². The summed E-state index contributed by atoms with van der Waals surface area (Å²) < 4.78 is 4.13. The maximum Gasteiger partial charge on any atom is 0.323 e. The van der Waals surface area contributed by atoms with Gasteiger partial charge in [0.25, 0.3) is 0 Å². The van der Waals surface area contributed by atoms with Crippen molar-refractivity contribution in [3.8, 4) is 28.5 Å². The molecule has 0 atom stereocenters. The van der Waals surface area contributed by atoms with Crippen LogP contribution in [0.1, 0.15) is 11.1 Å². The largest absolute Gasteiger partial charge is 0.332 e. The van der Waals surface area contributed by atoms with Gasteiger partial charge in [-0.15, -0.1) is 0 Å². The van der Waals surface area contributed by atoms with Gasteiger partial charge in [0.2, 0.25) is 0 Å². The molecule has 0 amide bonds. The molecule has 0 saturated heterocycles. The summed E-state index contributed by atoms with van der Waals surface area (Å²) in [5.74, 6) is 0.808. The normalized spacial score (nSPS) is 11.8. The molecule has 0 fully saturated rings. The third-order valence-electron chi connectivity index (χ3n) is 7.14. The molecule has 0 saturated carbocycles. The van der Waals surface area contributed by atoms with Gasteiger partial charge in [-0.3, -0.25) is 4.57 Å². The van der Waals surface area contributed by atoms with Crippen LogP contribution in [0.2, 0.25) is 0 Å². The second-order valence-electron chi connectivity index (χ2n) is 9.42. The van der Waals surface area contributed by atoms with Gasteiger partial charge < -0.3 is 14.5 Å². The van der Waals surface area contributed by atoms with Gasteiger partial charge in [-0.2, -0.15) is 0 Å². The SMILES string of the molecule is Cc1ccc2c(nc(-c3cc(-c4cncn4C)nc4ccccc34)n2-c2ccc3[nH]c(=O)[nH]c3c2)c1C. The van der Waals surface area contributed by atoms with Crippen molar-refractivity contribution >= 4 is 33.0 Å². The number of aromatic amines is 2. The zero-order valence-corrected chi connectivity index (χ0v) is 20.6. The minimum Gasteiger partial charge on any atom is -0.332 e. The number of H-pyrrole nitrogens is 2. The first-order valence-corrected chi connectivity index (χ1v) is 12.1. The molecular weight excluding hydrogens is 462 g/mol. The Hall–Kier alpha value is -4.98. The first kappa shape index (κ1) is 21.3. The zero-order valence-electron chi connectivity index (χ0n) is 20.6. The maximum atomic E-state index is 11.9. The number of imidazole rings is 3. The molecule has 0 aliphatic heterocycles. The van der Waals surface area contributed by atoms with Crippen molar-refractivity contribution < 1.29 is 0 Å². The van der Waals surface area contributed by atoms with Crippen molar-refractivity contribution in [1.82, 2.24) is 34.1 Å². The number of pyridine rings is 1. The Balaban J connectivity index is 1.61. The Morgan fingerprint density at radius 3 is 2.57 bits per heavy atom. The minimum atomic E-state index is -0.227. The van der Waals surface area contributed by atoms with Crippen LogP contribution in [0.5, 0.6) is 0 Å². The van der Waals surface area contributed by atoms with E-state index in [1.807, 2.05) is 54.2 Å². The van der Waals surface area contributed by atoms with Gasteiger partial charge in [0.05, 0.1) is 51.5 Å². The lowest BCUT2D eigenvalue weighted by Gasteiger charge is -2.13. The first-order chi connectivity index (χ1) is 18.0. The summed E-state index contributed by atoms with van der Waals surface area (Å²) in [6.07, 6.45) is 3.60. The molecule has 180 valence electrons. The summed E-state index contributed by atoms with van der Waals surface area (Å²) in [4.78, 5) is 32.2. The zero-order chi connectivity index (χ0) is 25.3. The smallest absolute Gasteiger partial charge is 0.323 e. The number of hydrogen-bond acceptors (Lipinski definition) is 4. The van der Waals surface area contributed by atoms with Crippen LogP contribution in [0.3, 0.4) is 0 Å². The van der Waals surface area contributed by atoms with Crippen LogP contribution < -0.4 is 5.69 Å². The van der Waals surface area contributed by atoms with Gasteiger partial charge in [0.1, 0.15) is 5.82 Å². The van der Waals surface area contributed by atoms with Gasteiger partial charge in [0.15, 0.2) is 0 Å². The van der Waals surface area contributed by atoms with Crippen LogP contribution in [0.4, 0.5) is 0 Å². The fraction of sp³-hybridized carbons (Fsp3) is 0.103. The van der Waals surface area contributed by atoms with Gasteiger partial charge in [0, 0.05) is 23.7 Å². The van der Waals surface area contributed by atoms with E-state index in [4.69, 9.17) is 9.97 Å². The van der Waals surface area contributed by atoms with Crippen LogP contribution in [-0.2, 0) is 7.05 Å². The van der Waals surface area contributed by atoms with Crippen molar-refractivity contribution in [3.63, 3.8) is 0 Å². The second kappa shape index (κ2) is 7.76. The van der Waals surface area contributed by atoms with Crippen molar-refractivity contribution in [2.45, 2.75) is 13.8 Å². The molecule has 8 heteroatoms. The Kier molecular flexibility index (Phi) is 4.47. The van der Waals surface area contributed by atoms with Crippen molar-refractivity contribution in [1.29, 1.82) is 0 Å². The van der Waals surface area contributed by atoms with Gasteiger partial charge in [-0.1, -0.05) is 24.3 Å². The molecule has 8 nitrogen and oxygen atoms in total. The van der Waals surface area contributed by atoms with Crippen molar-refractivity contribution in [3.05, 3.63) is 94.8 Å². The molecule has 37 heavy (non-hydrogen) atoms. The average Bonchev–Trinajstić information content (AvgIpc) is 3.60. The topological polar surface area (TPSA) is 97.2 Å². The van der Waals surface area contributed by atoms with Gasteiger partial charge >= 0.3 is 5.69 Å². The summed E-state index contributed by atoms with van der Waals surface area (Å²) in [5, 5.41) is 1.01. The maximum absolute atomic E-state index is 11.9. The number of rotatable bonds is 3. The molecular formula is C29H23N7O. The lowest BCUT2D eigenvalue weighted by molar-refractivity contribution is 0.917.